The predicted octanol–water partition coefficient (Wildman–Crippen LogP) is 10.5. The molecule has 239 valence electrons. The van der Waals surface area contributed by atoms with E-state index in [2.05, 4.69) is 60.0 Å². The van der Waals surface area contributed by atoms with Crippen LogP contribution >= 0.6 is 0 Å². The minimum atomic E-state index is -2.34. The Morgan fingerprint density at radius 1 is 0.745 bits per heavy atom. The van der Waals surface area contributed by atoms with Gasteiger partial charge in [0.2, 0.25) is 5.71 Å². The van der Waals surface area contributed by atoms with Crippen LogP contribution in [0.15, 0.2) is 120 Å². The van der Waals surface area contributed by atoms with Crippen molar-refractivity contribution in [2.24, 2.45) is 0 Å². The van der Waals surface area contributed by atoms with E-state index < -0.39 is 18.6 Å². The van der Waals surface area contributed by atoms with E-state index in [1.54, 1.807) is 36.7 Å². The molecule has 7 aromatic rings. The Balaban J connectivity index is 0.000000339. The van der Waals surface area contributed by atoms with Gasteiger partial charge in [0.05, 0.1) is 5.58 Å². The van der Waals surface area contributed by atoms with E-state index in [9.17, 15) is 2.74 Å². The van der Waals surface area contributed by atoms with Crippen molar-refractivity contribution in [3.05, 3.63) is 150 Å². The van der Waals surface area contributed by atoms with Gasteiger partial charge < -0.3 is 14.4 Å². The second kappa shape index (κ2) is 14.1. The van der Waals surface area contributed by atoms with Crippen LogP contribution in [0.25, 0.3) is 44.6 Å². The Morgan fingerprint density at radius 3 is 2.21 bits per heavy atom. The fourth-order valence-electron chi connectivity index (χ4n) is 5.35. The minimum absolute atomic E-state index is 0. The fourth-order valence-corrected chi connectivity index (χ4v) is 5.35. The van der Waals surface area contributed by atoms with Crippen molar-refractivity contribution in [3.63, 3.8) is 0 Å². The number of fused-ring (bicyclic) bond motifs is 3. The number of rotatable bonds is 5. The van der Waals surface area contributed by atoms with Crippen LogP contribution in [0.3, 0.4) is 0 Å². The van der Waals surface area contributed by atoms with Crippen LogP contribution in [0.5, 0.6) is 0 Å². The molecule has 4 aromatic heterocycles. The number of aryl methyl sites for hydroxylation is 1. The Labute approximate surface area is 298 Å². The van der Waals surface area contributed by atoms with E-state index in [0.717, 1.165) is 22.2 Å². The van der Waals surface area contributed by atoms with Gasteiger partial charge in [-0.05, 0) is 70.8 Å². The van der Waals surface area contributed by atoms with Crippen LogP contribution in [-0.4, -0.2) is 15.0 Å². The predicted molar refractivity (Wildman–Crippen MR) is 189 cm³/mol. The van der Waals surface area contributed by atoms with Gasteiger partial charge in [-0.25, -0.2) is 4.98 Å². The molecule has 47 heavy (non-hydrogen) atoms. The zero-order chi connectivity index (χ0) is 36.6. The average molecular weight is 799 g/mol. The number of furan rings is 1. The maximum absolute atomic E-state index is 9.22. The normalized spacial score (nSPS) is 13.7. The third kappa shape index (κ3) is 7.76. The van der Waals surface area contributed by atoms with Crippen molar-refractivity contribution in [2.75, 3.05) is 0 Å². The minimum Gasteiger partial charge on any atom is -0.486 e. The van der Waals surface area contributed by atoms with Gasteiger partial charge in [0.1, 0.15) is 0 Å². The van der Waals surface area contributed by atoms with Gasteiger partial charge in [-0.3, -0.25) is 0 Å². The second-order valence-electron chi connectivity index (χ2n) is 12.7. The fraction of sp³-hybridized carbons (Fsp3) is 0.214. The van der Waals surface area contributed by atoms with Gasteiger partial charge in [-0.15, -0.1) is 54.1 Å². The maximum Gasteiger partial charge on any atom is 0.216 e. The number of nitrogens with zero attached hydrogens (tertiary/aromatic N) is 3. The first kappa shape index (κ1) is 27.7. The van der Waals surface area contributed by atoms with E-state index in [1.807, 2.05) is 74.5 Å². The summed E-state index contributed by atoms with van der Waals surface area (Å²) in [5, 5.41) is 1.46. The zero-order valence-electron chi connectivity index (χ0n) is 32.1. The van der Waals surface area contributed by atoms with Crippen molar-refractivity contribution in [3.8, 4) is 22.5 Å². The molecule has 0 atom stereocenters. The summed E-state index contributed by atoms with van der Waals surface area (Å²) in [6, 6.07) is 38.4. The van der Waals surface area contributed by atoms with Crippen molar-refractivity contribution < 1.29 is 31.4 Å². The Morgan fingerprint density at radius 2 is 1.51 bits per heavy atom. The number of hydrogen-bond acceptors (Lipinski definition) is 4. The molecule has 7 rings (SSSR count). The van der Waals surface area contributed by atoms with Crippen LogP contribution in [-0.2, 0) is 37.3 Å². The number of pyridine rings is 3. The molecule has 0 saturated heterocycles. The smallest absolute Gasteiger partial charge is 0.216 e. The zero-order valence-corrected chi connectivity index (χ0v) is 29.4. The van der Waals surface area contributed by atoms with Gasteiger partial charge in [0, 0.05) is 50.4 Å². The van der Waals surface area contributed by atoms with E-state index in [-0.39, 0.29) is 36.9 Å². The molecule has 0 unspecified atom stereocenters. The molecule has 0 aliphatic heterocycles. The van der Waals surface area contributed by atoms with Crippen LogP contribution in [0, 0.1) is 19.0 Å². The van der Waals surface area contributed by atoms with Crippen molar-refractivity contribution >= 4 is 22.1 Å². The molecule has 0 aliphatic rings. The third-order valence-electron chi connectivity index (χ3n) is 7.89. The summed E-state index contributed by atoms with van der Waals surface area (Å²) in [5.74, 6) is 0. The Hall–Kier alpha value is -4.44. The molecule has 0 fully saturated rings. The summed E-state index contributed by atoms with van der Waals surface area (Å²) >= 11 is 0. The summed E-state index contributed by atoms with van der Waals surface area (Å²) in [4.78, 5) is 13.0. The molecule has 4 heterocycles. The molecule has 0 spiro atoms. The molecular formula is C42H39IrN3O-2. The second-order valence-corrected chi connectivity index (χ2v) is 12.7. The van der Waals surface area contributed by atoms with Crippen molar-refractivity contribution in [1.82, 2.24) is 15.0 Å². The molecular weight excluding hydrogens is 755 g/mol. The van der Waals surface area contributed by atoms with Gasteiger partial charge in [0.15, 0.2) is 0 Å². The van der Waals surface area contributed by atoms with E-state index in [1.165, 1.54) is 11.6 Å². The monoisotopic (exact) mass is 799 g/mol. The molecule has 4 nitrogen and oxygen atoms in total. The molecule has 0 saturated carbocycles. The molecule has 3 aromatic carbocycles. The molecule has 0 N–H and O–H groups in total. The molecule has 5 heteroatoms. The molecule has 0 bridgehead atoms. The summed E-state index contributed by atoms with van der Waals surface area (Å²) in [7, 11) is 0. The maximum atomic E-state index is 9.22. The van der Waals surface area contributed by atoms with Crippen LogP contribution in [0.1, 0.15) is 63.9 Å². The first-order valence-corrected chi connectivity index (χ1v) is 15.3. The number of aromatic nitrogens is 3. The summed E-state index contributed by atoms with van der Waals surface area (Å²) < 4.78 is 47.5. The van der Waals surface area contributed by atoms with Gasteiger partial charge in [-0.1, -0.05) is 93.6 Å². The van der Waals surface area contributed by atoms with Crippen LogP contribution in [0.2, 0.25) is 0 Å². The van der Waals surface area contributed by atoms with E-state index >= 15 is 0 Å². The van der Waals surface area contributed by atoms with Gasteiger partial charge in [0.25, 0.3) is 0 Å². The van der Waals surface area contributed by atoms with Crippen molar-refractivity contribution in [1.29, 1.82) is 0 Å². The Bertz CT molecular complexity index is 2240. The van der Waals surface area contributed by atoms with E-state index in [0.29, 0.717) is 27.8 Å². The third-order valence-corrected chi connectivity index (χ3v) is 7.89. The first-order chi connectivity index (χ1) is 24.1. The summed E-state index contributed by atoms with van der Waals surface area (Å²) in [6.45, 7) is 7.97. The van der Waals surface area contributed by atoms with E-state index in [4.69, 9.17) is 8.53 Å². The van der Waals surface area contributed by atoms with Crippen LogP contribution < -0.4 is 0 Å². The summed E-state index contributed by atoms with van der Waals surface area (Å²) in [5.41, 5.74) is 5.51. The number of benzene rings is 3. The standard InChI is InChI=1S/C31H31N2O.C11H8N.Ir/c1-20-10-15-25-24-8-7-9-26(28(24)34-29(25)33-20)27-18-21(16-17-32-27)19-31(5,6)23-13-11-22(12-14-23)30(2,3)4;1-2-6-10(7-3-1)11-8-4-5-9-12-11;/h7-8,10-18H,19H2,1-6H3;1-6,8-9H;/q2*-1;/i1D3,19D2;;. The molecule has 0 aliphatic carbocycles. The van der Waals surface area contributed by atoms with Gasteiger partial charge >= 0.3 is 0 Å². The van der Waals surface area contributed by atoms with Gasteiger partial charge in [-0.2, -0.15) is 0 Å². The average Bonchev–Trinajstić information content (AvgIpc) is 3.50. The number of hydrogen-bond donors (Lipinski definition) is 0. The summed E-state index contributed by atoms with van der Waals surface area (Å²) in [6.07, 6.45) is 1.66. The van der Waals surface area contributed by atoms with Crippen molar-refractivity contribution in [2.45, 2.75) is 58.7 Å². The largest absolute Gasteiger partial charge is 0.486 e. The Kier molecular flexibility index (Phi) is 8.31. The first-order valence-electron chi connectivity index (χ1n) is 17.8. The topological polar surface area (TPSA) is 51.8 Å². The quantitative estimate of drug-likeness (QED) is 0.163. The molecule has 1 radical (unpaired) electrons. The SMILES string of the molecule is [2H]C([2H])([2H])c1ccc2c(n1)oc1c(-c3cc(C([2H])([2H])C(C)(C)c4ccc(C(C)(C)C)cc4)ccn3)[c-]ccc12.[Ir].[c-]1ccccc1-c1ccccn1. The van der Waals surface area contributed by atoms with Crippen LogP contribution in [0.4, 0.5) is 0 Å². The molecule has 0 amide bonds.